The third-order valence-electron chi connectivity index (χ3n) is 4.98. The molecule has 0 spiro atoms. The molecule has 136 valence electrons. The Morgan fingerprint density at radius 3 is 2.25 bits per heavy atom. The Hall–Kier alpha value is -3.72. The predicted molar refractivity (Wildman–Crippen MR) is 117 cm³/mol. The average Bonchev–Trinajstić information content (AvgIpc) is 3.22. The van der Waals surface area contributed by atoms with Crippen molar-refractivity contribution >= 4 is 50.4 Å². The molecule has 0 bridgehead atoms. The van der Waals surface area contributed by atoms with Crippen LogP contribution in [0.15, 0.2) is 88.2 Å². The van der Waals surface area contributed by atoms with Gasteiger partial charge in [-0.05, 0) is 37.3 Å². The zero-order valence-corrected chi connectivity index (χ0v) is 15.5. The first kappa shape index (κ1) is 16.5. The van der Waals surface area contributed by atoms with Crippen molar-refractivity contribution in [2.75, 3.05) is 5.32 Å². The molecule has 28 heavy (non-hydrogen) atoms. The average molecular weight is 365 g/mol. The van der Waals surface area contributed by atoms with Crippen molar-refractivity contribution in [1.82, 2.24) is 0 Å². The SMILES string of the molecule is C=C/C=C\c1c(C)oc2cc(Nc3ccc4c(c3)oc3ccccc34)ccc12. The van der Waals surface area contributed by atoms with E-state index in [1.807, 2.05) is 49.4 Å². The summed E-state index contributed by atoms with van der Waals surface area (Å²) in [5.74, 6) is 0.897. The maximum atomic E-state index is 5.98. The van der Waals surface area contributed by atoms with Crippen LogP contribution in [0.5, 0.6) is 0 Å². The molecule has 3 nitrogen and oxygen atoms in total. The van der Waals surface area contributed by atoms with Crippen LogP contribution in [0.2, 0.25) is 0 Å². The van der Waals surface area contributed by atoms with Crippen LogP contribution >= 0.6 is 0 Å². The third-order valence-corrected chi connectivity index (χ3v) is 4.98. The van der Waals surface area contributed by atoms with Gasteiger partial charge in [0.2, 0.25) is 0 Å². The molecule has 0 aliphatic rings. The number of rotatable bonds is 4. The van der Waals surface area contributed by atoms with Gasteiger partial charge in [-0.25, -0.2) is 0 Å². The highest BCUT2D eigenvalue weighted by Gasteiger charge is 2.10. The number of nitrogens with one attached hydrogen (secondary N) is 1. The monoisotopic (exact) mass is 365 g/mol. The van der Waals surface area contributed by atoms with E-state index in [0.29, 0.717) is 0 Å². The number of allylic oxidation sites excluding steroid dienone is 2. The molecule has 1 N–H and O–H groups in total. The molecule has 0 saturated carbocycles. The molecular formula is C25H19NO2. The molecule has 3 aromatic carbocycles. The van der Waals surface area contributed by atoms with Gasteiger partial charge in [-0.2, -0.15) is 0 Å². The maximum absolute atomic E-state index is 5.98. The number of aryl methyl sites for hydroxylation is 1. The van der Waals surface area contributed by atoms with E-state index >= 15 is 0 Å². The van der Waals surface area contributed by atoms with Crippen LogP contribution in [0.25, 0.3) is 39.0 Å². The number of hydrogen-bond donors (Lipinski definition) is 1. The summed E-state index contributed by atoms with van der Waals surface area (Å²) in [5.41, 5.74) is 5.67. The molecule has 3 heteroatoms. The molecule has 0 amide bonds. The van der Waals surface area contributed by atoms with Crippen molar-refractivity contribution < 1.29 is 8.83 Å². The third kappa shape index (κ3) is 2.69. The van der Waals surface area contributed by atoms with Gasteiger partial charge in [-0.3, -0.25) is 0 Å². The number of hydrogen-bond acceptors (Lipinski definition) is 3. The topological polar surface area (TPSA) is 38.3 Å². The van der Waals surface area contributed by atoms with Crippen LogP contribution in [-0.2, 0) is 0 Å². The Morgan fingerprint density at radius 1 is 0.786 bits per heavy atom. The molecule has 2 aromatic heterocycles. The Kier molecular flexibility index (Phi) is 3.80. The highest BCUT2D eigenvalue weighted by Crippen LogP contribution is 2.33. The summed E-state index contributed by atoms with van der Waals surface area (Å²) in [4.78, 5) is 0. The molecule has 5 rings (SSSR count). The first-order valence-electron chi connectivity index (χ1n) is 9.23. The van der Waals surface area contributed by atoms with E-state index in [9.17, 15) is 0 Å². The lowest BCUT2D eigenvalue weighted by molar-refractivity contribution is 0.577. The fourth-order valence-corrected chi connectivity index (χ4v) is 3.66. The van der Waals surface area contributed by atoms with Gasteiger partial charge in [0.25, 0.3) is 0 Å². The van der Waals surface area contributed by atoms with Crippen LogP contribution < -0.4 is 5.32 Å². The maximum Gasteiger partial charge on any atom is 0.137 e. The Morgan fingerprint density at radius 2 is 1.46 bits per heavy atom. The summed E-state index contributed by atoms with van der Waals surface area (Å²) in [7, 11) is 0. The summed E-state index contributed by atoms with van der Waals surface area (Å²) in [6.45, 7) is 5.71. The molecule has 0 fully saturated rings. The van der Waals surface area contributed by atoms with Crippen molar-refractivity contribution in [3.63, 3.8) is 0 Å². The summed E-state index contributed by atoms with van der Waals surface area (Å²) in [5, 5.41) is 6.80. The lowest BCUT2D eigenvalue weighted by Gasteiger charge is -2.06. The van der Waals surface area contributed by atoms with E-state index in [1.54, 1.807) is 6.08 Å². The molecule has 5 aromatic rings. The number of benzene rings is 3. The van der Waals surface area contributed by atoms with Gasteiger partial charge in [-0.1, -0.05) is 43.0 Å². The standard InChI is InChI=1S/C25H19NO2/c1-3-4-7-19-16(2)27-24-14-17(10-12-21(19)24)26-18-11-13-22-20-8-5-6-9-23(20)28-25(22)15-18/h3-15,26H,1H2,2H3/b7-4-. The van der Waals surface area contributed by atoms with Gasteiger partial charge in [0, 0.05) is 45.2 Å². The number of anilines is 2. The Labute approximate surface area is 162 Å². The summed E-state index contributed by atoms with van der Waals surface area (Å²) < 4.78 is 11.9. The second-order valence-electron chi connectivity index (χ2n) is 6.81. The van der Waals surface area contributed by atoms with E-state index in [-0.39, 0.29) is 0 Å². The fraction of sp³-hybridized carbons (Fsp3) is 0.0400. The minimum Gasteiger partial charge on any atom is -0.461 e. The van der Waals surface area contributed by atoms with E-state index in [2.05, 4.69) is 42.2 Å². The van der Waals surface area contributed by atoms with Crippen LogP contribution in [0.1, 0.15) is 11.3 Å². The van der Waals surface area contributed by atoms with Gasteiger partial charge >= 0.3 is 0 Å². The predicted octanol–water partition coefficient (Wildman–Crippen LogP) is 7.58. The largest absolute Gasteiger partial charge is 0.461 e. The van der Waals surface area contributed by atoms with E-state index in [1.165, 1.54) is 0 Å². The lowest BCUT2D eigenvalue weighted by Crippen LogP contribution is -1.89. The molecule has 0 saturated heterocycles. The molecule has 0 atom stereocenters. The van der Waals surface area contributed by atoms with Crippen molar-refractivity contribution in [2.45, 2.75) is 6.92 Å². The van der Waals surface area contributed by atoms with Crippen LogP contribution in [0.3, 0.4) is 0 Å². The second-order valence-corrected chi connectivity index (χ2v) is 6.81. The highest BCUT2D eigenvalue weighted by molar-refractivity contribution is 6.05. The zero-order valence-electron chi connectivity index (χ0n) is 15.5. The number of para-hydroxylation sites is 1. The van der Waals surface area contributed by atoms with Gasteiger partial charge in [-0.15, -0.1) is 0 Å². The van der Waals surface area contributed by atoms with E-state index in [4.69, 9.17) is 8.83 Å². The highest BCUT2D eigenvalue weighted by atomic mass is 16.3. The fourth-order valence-electron chi connectivity index (χ4n) is 3.66. The number of fused-ring (bicyclic) bond motifs is 4. The van der Waals surface area contributed by atoms with Crippen molar-refractivity contribution in [3.05, 3.63) is 90.7 Å². The van der Waals surface area contributed by atoms with E-state index in [0.717, 1.165) is 55.6 Å². The van der Waals surface area contributed by atoms with Gasteiger partial charge in [0.15, 0.2) is 0 Å². The Bertz CT molecular complexity index is 1370. The Balaban J connectivity index is 1.51. The van der Waals surface area contributed by atoms with Crippen LogP contribution in [0.4, 0.5) is 11.4 Å². The smallest absolute Gasteiger partial charge is 0.137 e. The molecule has 0 aliphatic carbocycles. The first-order valence-corrected chi connectivity index (χ1v) is 9.23. The number of furan rings is 2. The van der Waals surface area contributed by atoms with Crippen LogP contribution in [-0.4, -0.2) is 0 Å². The first-order chi connectivity index (χ1) is 13.7. The molecule has 0 aliphatic heterocycles. The molecule has 0 radical (unpaired) electrons. The summed E-state index contributed by atoms with van der Waals surface area (Å²) in [6, 6.07) is 20.5. The molecule has 0 unspecified atom stereocenters. The summed E-state index contributed by atoms with van der Waals surface area (Å²) in [6.07, 6.45) is 5.71. The van der Waals surface area contributed by atoms with Crippen molar-refractivity contribution in [2.24, 2.45) is 0 Å². The van der Waals surface area contributed by atoms with Gasteiger partial charge < -0.3 is 14.2 Å². The van der Waals surface area contributed by atoms with Gasteiger partial charge in [0.1, 0.15) is 22.5 Å². The minimum atomic E-state index is 0.857. The normalized spacial score (nSPS) is 11.8. The van der Waals surface area contributed by atoms with Crippen molar-refractivity contribution in [3.8, 4) is 0 Å². The van der Waals surface area contributed by atoms with Crippen LogP contribution in [0, 0.1) is 6.92 Å². The molecular weight excluding hydrogens is 346 g/mol. The molecule has 2 heterocycles. The quantitative estimate of drug-likeness (QED) is 0.333. The van der Waals surface area contributed by atoms with Crippen molar-refractivity contribution in [1.29, 1.82) is 0 Å². The zero-order chi connectivity index (χ0) is 19.1. The van der Waals surface area contributed by atoms with Gasteiger partial charge in [0.05, 0.1) is 0 Å². The van der Waals surface area contributed by atoms with E-state index < -0.39 is 0 Å². The second kappa shape index (κ2) is 6.46. The lowest BCUT2D eigenvalue weighted by atomic mass is 10.1. The minimum absolute atomic E-state index is 0.857. The summed E-state index contributed by atoms with van der Waals surface area (Å²) >= 11 is 0.